The van der Waals surface area contributed by atoms with E-state index >= 15 is 0 Å². The molecular weight excluding hydrogens is 118 g/mol. The zero-order chi connectivity index (χ0) is 5.98. The lowest BCUT2D eigenvalue weighted by Gasteiger charge is -1.98. The Bertz CT molecular complexity index is 94.7. The summed E-state index contributed by atoms with van der Waals surface area (Å²) in [5.74, 6) is 0.685. The molecule has 0 aromatic carbocycles. The monoisotopic (exact) mass is 130 g/mol. The standard InChI is InChI=1S/C6H11NS/c7-6(8)5-3-1-2-4-5/h5H,1-4H2,(H2,7,8)/p+1. The quantitative estimate of drug-likeness (QED) is 0.521. The van der Waals surface area contributed by atoms with Gasteiger partial charge in [0.15, 0.2) is 4.99 Å². The van der Waals surface area contributed by atoms with Crippen LogP contribution in [0.4, 0.5) is 0 Å². The molecule has 1 rings (SSSR count). The van der Waals surface area contributed by atoms with Crippen molar-refractivity contribution in [3.63, 3.8) is 0 Å². The Morgan fingerprint density at radius 1 is 1.38 bits per heavy atom. The summed E-state index contributed by atoms with van der Waals surface area (Å²) in [6.07, 6.45) is 5.31. The van der Waals surface area contributed by atoms with E-state index in [-0.39, 0.29) is 0 Å². The van der Waals surface area contributed by atoms with E-state index in [2.05, 4.69) is 5.73 Å². The van der Waals surface area contributed by atoms with Gasteiger partial charge < -0.3 is 5.73 Å². The van der Waals surface area contributed by atoms with Gasteiger partial charge in [-0.05, 0) is 25.1 Å². The number of hydrogen-bond acceptors (Lipinski definition) is 1. The molecule has 3 N–H and O–H groups in total. The van der Waals surface area contributed by atoms with Gasteiger partial charge in [-0.3, -0.25) is 0 Å². The molecule has 0 aromatic heterocycles. The zero-order valence-electron chi connectivity index (χ0n) is 5.02. The molecular formula is C6H12NS+. The van der Waals surface area contributed by atoms with Crippen LogP contribution < -0.4 is 5.73 Å². The van der Waals surface area contributed by atoms with Crippen LogP contribution in [0.2, 0.25) is 0 Å². The molecule has 0 saturated heterocycles. The molecule has 0 aliphatic heterocycles. The van der Waals surface area contributed by atoms with Crippen molar-refractivity contribution in [2.24, 2.45) is 5.92 Å². The van der Waals surface area contributed by atoms with Gasteiger partial charge >= 0.3 is 0 Å². The number of rotatable bonds is 1. The number of hydrogen-bond donors (Lipinski definition) is 1. The molecule has 0 aromatic rings. The van der Waals surface area contributed by atoms with E-state index in [1.807, 2.05) is 0 Å². The minimum absolute atomic E-state index is 0.685. The molecule has 0 unspecified atom stereocenters. The van der Waals surface area contributed by atoms with E-state index in [0.29, 0.717) is 5.92 Å². The van der Waals surface area contributed by atoms with Gasteiger partial charge in [-0.15, -0.1) is 0 Å². The van der Waals surface area contributed by atoms with Gasteiger partial charge in [0.25, 0.3) is 0 Å². The van der Waals surface area contributed by atoms with Gasteiger partial charge in [-0.2, -0.15) is 0 Å². The average Bonchev–Trinajstić information content (AvgIpc) is 2.12. The van der Waals surface area contributed by atoms with Gasteiger partial charge in [0.1, 0.15) is 0 Å². The fourth-order valence-electron chi connectivity index (χ4n) is 1.25. The smallest absolute Gasteiger partial charge is 0.172 e. The minimum Gasteiger partial charge on any atom is -0.319 e. The normalized spacial score (nSPS) is 21.6. The Kier molecular flexibility index (Phi) is 1.97. The van der Waals surface area contributed by atoms with Crippen LogP contribution in [0.25, 0.3) is 0 Å². The second-order valence-corrected chi connectivity index (χ2v) is 2.97. The van der Waals surface area contributed by atoms with Crippen molar-refractivity contribution in [1.29, 1.82) is 0 Å². The molecule has 0 bridgehead atoms. The van der Waals surface area contributed by atoms with Crippen LogP contribution >= 0.6 is 12.2 Å². The van der Waals surface area contributed by atoms with Crippen molar-refractivity contribution in [2.75, 3.05) is 0 Å². The maximum atomic E-state index is 4.94. The van der Waals surface area contributed by atoms with Crippen molar-refractivity contribution in [3.05, 3.63) is 0 Å². The van der Waals surface area contributed by atoms with E-state index in [0.717, 1.165) is 4.99 Å². The fourth-order valence-corrected chi connectivity index (χ4v) is 1.48. The molecule has 0 spiro atoms. The molecule has 2 heteroatoms. The Morgan fingerprint density at radius 2 is 1.88 bits per heavy atom. The molecule has 1 aliphatic rings. The second kappa shape index (κ2) is 2.55. The van der Waals surface area contributed by atoms with Crippen LogP contribution in [0.5, 0.6) is 0 Å². The average molecular weight is 130 g/mol. The molecule has 0 amide bonds. The number of quaternary nitrogens is 1. The van der Waals surface area contributed by atoms with E-state index < -0.39 is 0 Å². The predicted molar refractivity (Wildman–Crippen MR) is 37.4 cm³/mol. The van der Waals surface area contributed by atoms with Gasteiger partial charge in [-0.1, -0.05) is 12.8 Å². The Hall–Kier alpha value is 0.0500. The zero-order valence-corrected chi connectivity index (χ0v) is 5.84. The highest BCUT2D eigenvalue weighted by Crippen LogP contribution is 2.23. The lowest BCUT2D eigenvalue weighted by atomic mass is 10.1. The van der Waals surface area contributed by atoms with Gasteiger partial charge in [0.05, 0.1) is 0 Å². The maximum absolute atomic E-state index is 4.94. The molecule has 8 heavy (non-hydrogen) atoms. The molecule has 46 valence electrons. The summed E-state index contributed by atoms with van der Waals surface area (Å²) < 4.78 is 0. The molecule has 1 saturated carbocycles. The summed E-state index contributed by atoms with van der Waals surface area (Å²) in [7, 11) is 0. The summed E-state index contributed by atoms with van der Waals surface area (Å²) in [5, 5.41) is 0. The first-order valence-corrected chi connectivity index (χ1v) is 3.57. The van der Waals surface area contributed by atoms with Crippen molar-refractivity contribution in [1.82, 2.24) is 0 Å². The van der Waals surface area contributed by atoms with Crippen molar-refractivity contribution in [2.45, 2.75) is 25.7 Å². The van der Waals surface area contributed by atoms with Gasteiger partial charge in [0.2, 0.25) is 0 Å². The third kappa shape index (κ3) is 1.26. The molecule has 0 radical (unpaired) electrons. The maximum Gasteiger partial charge on any atom is 0.172 e. The van der Waals surface area contributed by atoms with Gasteiger partial charge in [0, 0.05) is 5.92 Å². The van der Waals surface area contributed by atoms with Crippen molar-refractivity contribution >= 4 is 17.2 Å². The largest absolute Gasteiger partial charge is 0.319 e. The summed E-state index contributed by atoms with van der Waals surface area (Å²) in [6.45, 7) is 0. The highest BCUT2D eigenvalue weighted by atomic mass is 32.1. The van der Waals surface area contributed by atoms with E-state index in [1.165, 1.54) is 25.7 Å². The Balaban J connectivity index is 2.35. The van der Waals surface area contributed by atoms with Gasteiger partial charge in [-0.25, -0.2) is 0 Å². The first-order valence-electron chi connectivity index (χ1n) is 3.16. The fraction of sp³-hybridized carbons (Fsp3) is 0.833. The molecule has 1 aliphatic carbocycles. The summed E-state index contributed by atoms with van der Waals surface area (Å²) >= 11 is 4.94. The van der Waals surface area contributed by atoms with Crippen LogP contribution in [0, 0.1) is 5.92 Å². The number of thiocarbonyl (C=S) groups is 1. The third-order valence-electron chi connectivity index (χ3n) is 1.81. The third-order valence-corrected chi connectivity index (χ3v) is 2.14. The summed E-state index contributed by atoms with van der Waals surface area (Å²) in [5.41, 5.74) is 3.75. The van der Waals surface area contributed by atoms with Crippen LogP contribution in [0.15, 0.2) is 0 Å². The van der Waals surface area contributed by atoms with Crippen molar-refractivity contribution < 1.29 is 5.73 Å². The minimum atomic E-state index is 0.685. The first-order chi connectivity index (χ1) is 3.80. The highest BCUT2D eigenvalue weighted by Gasteiger charge is 2.19. The lowest BCUT2D eigenvalue weighted by molar-refractivity contribution is -0.217. The first kappa shape index (κ1) is 6.17. The molecule has 1 nitrogen and oxygen atoms in total. The SMILES string of the molecule is [NH3+]C(=S)C1CCCC1. The van der Waals surface area contributed by atoms with Crippen LogP contribution in [-0.2, 0) is 0 Å². The lowest BCUT2D eigenvalue weighted by Crippen LogP contribution is -2.58. The Morgan fingerprint density at radius 3 is 2.12 bits per heavy atom. The second-order valence-electron chi connectivity index (χ2n) is 2.45. The molecule has 1 fully saturated rings. The highest BCUT2D eigenvalue weighted by molar-refractivity contribution is 7.79. The predicted octanol–water partition coefficient (Wildman–Crippen LogP) is 0.746. The van der Waals surface area contributed by atoms with Crippen LogP contribution in [-0.4, -0.2) is 4.99 Å². The van der Waals surface area contributed by atoms with E-state index in [9.17, 15) is 0 Å². The molecule has 0 atom stereocenters. The Labute approximate surface area is 55.3 Å². The summed E-state index contributed by atoms with van der Waals surface area (Å²) in [4.78, 5) is 0.975. The summed E-state index contributed by atoms with van der Waals surface area (Å²) in [6, 6.07) is 0. The topological polar surface area (TPSA) is 27.6 Å². The van der Waals surface area contributed by atoms with Crippen LogP contribution in [0.1, 0.15) is 25.7 Å². The van der Waals surface area contributed by atoms with E-state index in [4.69, 9.17) is 12.2 Å². The van der Waals surface area contributed by atoms with Crippen LogP contribution in [0.3, 0.4) is 0 Å². The van der Waals surface area contributed by atoms with Crippen molar-refractivity contribution in [3.8, 4) is 0 Å². The van der Waals surface area contributed by atoms with E-state index in [1.54, 1.807) is 0 Å². The molecule has 0 heterocycles.